The van der Waals surface area contributed by atoms with E-state index in [1.165, 1.54) is 0 Å². The zero-order valence-corrected chi connectivity index (χ0v) is 8.36. The smallest absolute Gasteiger partial charge is 0.311 e. The number of carboxylic acids is 1. The van der Waals surface area contributed by atoms with Gasteiger partial charge in [-0.2, -0.15) is 0 Å². The van der Waals surface area contributed by atoms with Gasteiger partial charge in [0.1, 0.15) is 0 Å². The van der Waals surface area contributed by atoms with Crippen molar-refractivity contribution in [2.45, 2.75) is 19.3 Å². The van der Waals surface area contributed by atoms with E-state index >= 15 is 0 Å². The number of benzene rings is 1. The number of rotatable bonds is 2. The normalized spacial score (nSPS) is 16.7. The first kappa shape index (κ1) is 9.79. The maximum Gasteiger partial charge on any atom is 0.311 e. The van der Waals surface area contributed by atoms with Gasteiger partial charge in [0, 0.05) is 6.42 Å². The minimum absolute atomic E-state index is 0.303. The maximum absolute atomic E-state index is 11.3. The molecule has 1 N–H and O–H groups in total. The molecule has 0 radical (unpaired) electrons. The summed E-state index contributed by atoms with van der Waals surface area (Å²) in [5, 5.41) is 9.27. The second kappa shape index (κ2) is 3.43. The van der Waals surface area contributed by atoms with E-state index in [1.54, 1.807) is 0 Å². The Labute approximate surface area is 88.9 Å². The lowest BCUT2D eigenvalue weighted by Crippen LogP contribution is -2.31. The third kappa shape index (κ3) is 1.50. The number of aliphatic carboxylic acids is 1. The Hall–Kier alpha value is -1.75. The van der Waals surface area contributed by atoms with Crippen LogP contribution in [-0.2, 0) is 17.6 Å². The Bertz CT molecular complexity index is 415. The van der Waals surface area contributed by atoms with Crippen LogP contribution in [0.2, 0.25) is 0 Å². The van der Waals surface area contributed by atoms with Gasteiger partial charge >= 0.3 is 5.97 Å². The number of fused-ring (bicyclic) bond motifs is 1. The Morgan fingerprint density at radius 2 is 1.93 bits per heavy atom. The Morgan fingerprint density at radius 1 is 1.40 bits per heavy atom. The standard InChI is InChI=1S/C13H12O2/c1-2-7-13(12(14)15)8-10-5-3-4-6-11(10)9-13/h1,3-6H,7-9H2,(H,14,15). The summed E-state index contributed by atoms with van der Waals surface area (Å²) in [6, 6.07) is 7.84. The van der Waals surface area contributed by atoms with Crippen LogP contribution < -0.4 is 0 Å². The van der Waals surface area contributed by atoms with Crippen LogP contribution in [0.5, 0.6) is 0 Å². The highest BCUT2D eigenvalue weighted by Gasteiger charge is 2.43. The van der Waals surface area contributed by atoms with Gasteiger partial charge in [-0.3, -0.25) is 4.79 Å². The molecule has 0 atom stereocenters. The van der Waals surface area contributed by atoms with Crippen molar-refractivity contribution >= 4 is 5.97 Å². The van der Waals surface area contributed by atoms with E-state index < -0.39 is 11.4 Å². The van der Waals surface area contributed by atoms with Gasteiger partial charge in [-0.05, 0) is 24.0 Å². The van der Waals surface area contributed by atoms with Gasteiger partial charge in [-0.1, -0.05) is 24.3 Å². The fourth-order valence-corrected chi connectivity index (χ4v) is 2.24. The molecular formula is C13H12O2. The molecule has 0 fully saturated rings. The molecular weight excluding hydrogens is 188 g/mol. The molecule has 0 saturated carbocycles. The van der Waals surface area contributed by atoms with E-state index in [4.69, 9.17) is 6.42 Å². The third-order valence-corrected chi connectivity index (χ3v) is 3.07. The van der Waals surface area contributed by atoms with Crippen molar-refractivity contribution in [2.75, 3.05) is 0 Å². The van der Waals surface area contributed by atoms with Crippen molar-refractivity contribution < 1.29 is 9.90 Å². The van der Waals surface area contributed by atoms with E-state index in [1.807, 2.05) is 24.3 Å². The minimum Gasteiger partial charge on any atom is -0.481 e. The molecule has 2 heteroatoms. The van der Waals surface area contributed by atoms with Crippen LogP contribution >= 0.6 is 0 Å². The summed E-state index contributed by atoms with van der Waals surface area (Å²) in [6.07, 6.45) is 6.67. The summed E-state index contributed by atoms with van der Waals surface area (Å²) in [4.78, 5) is 11.3. The van der Waals surface area contributed by atoms with Gasteiger partial charge in [-0.15, -0.1) is 12.3 Å². The van der Waals surface area contributed by atoms with Crippen LogP contribution in [0.25, 0.3) is 0 Å². The van der Waals surface area contributed by atoms with Gasteiger partial charge < -0.3 is 5.11 Å². The zero-order chi connectivity index (χ0) is 10.9. The topological polar surface area (TPSA) is 37.3 Å². The van der Waals surface area contributed by atoms with E-state index in [0.717, 1.165) is 11.1 Å². The fourth-order valence-electron chi connectivity index (χ4n) is 2.24. The molecule has 0 bridgehead atoms. The van der Waals surface area contributed by atoms with Crippen molar-refractivity contribution in [3.63, 3.8) is 0 Å². The monoisotopic (exact) mass is 200 g/mol. The highest BCUT2D eigenvalue weighted by atomic mass is 16.4. The molecule has 0 amide bonds. The number of carboxylic acid groups (broad SMARTS) is 1. The van der Waals surface area contributed by atoms with Crippen molar-refractivity contribution in [1.82, 2.24) is 0 Å². The average Bonchev–Trinajstić information content (AvgIpc) is 2.57. The SMILES string of the molecule is C#CCC1(C(=O)O)Cc2ccccc2C1. The van der Waals surface area contributed by atoms with Crippen LogP contribution in [0.3, 0.4) is 0 Å². The van der Waals surface area contributed by atoms with Crippen LogP contribution in [0, 0.1) is 17.8 Å². The second-order valence-electron chi connectivity index (χ2n) is 4.09. The number of hydrogen-bond acceptors (Lipinski definition) is 1. The van der Waals surface area contributed by atoms with Gasteiger partial charge in [-0.25, -0.2) is 0 Å². The molecule has 0 heterocycles. The summed E-state index contributed by atoms with van der Waals surface area (Å²) < 4.78 is 0. The molecule has 1 aliphatic carbocycles. The summed E-state index contributed by atoms with van der Waals surface area (Å²) in [7, 11) is 0. The van der Waals surface area contributed by atoms with Gasteiger partial charge in [0.2, 0.25) is 0 Å². The molecule has 76 valence electrons. The van der Waals surface area contributed by atoms with Gasteiger partial charge in [0.25, 0.3) is 0 Å². The van der Waals surface area contributed by atoms with Gasteiger partial charge in [0.15, 0.2) is 0 Å². The Balaban J connectivity index is 2.37. The quantitative estimate of drug-likeness (QED) is 0.740. The maximum atomic E-state index is 11.3. The van der Waals surface area contributed by atoms with E-state index in [2.05, 4.69) is 5.92 Å². The predicted octanol–water partition coefficient (Wildman–Crippen LogP) is 1.88. The van der Waals surface area contributed by atoms with Crippen molar-refractivity contribution in [2.24, 2.45) is 5.41 Å². The molecule has 15 heavy (non-hydrogen) atoms. The number of hydrogen-bond donors (Lipinski definition) is 1. The molecule has 2 nitrogen and oxygen atoms in total. The van der Waals surface area contributed by atoms with E-state index in [0.29, 0.717) is 19.3 Å². The van der Waals surface area contributed by atoms with Crippen LogP contribution in [0.15, 0.2) is 24.3 Å². The van der Waals surface area contributed by atoms with Gasteiger partial charge in [0.05, 0.1) is 5.41 Å². The Kier molecular flexibility index (Phi) is 2.24. The van der Waals surface area contributed by atoms with Crippen LogP contribution in [0.1, 0.15) is 17.5 Å². The Morgan fingerprint density at radius 3 is 2.33 bits per heavy atom. The lowest BCUT2D eigenvalue weighted by atomic mass is 9.82. The minimum atomic E-state index is -0.781. The fraction of sp³-hybridized carbons (Fsp3) is 0.308. The summed E-state index contributed by atoms with van der Waals surface area (Å²) >= 11 is 0. The van der Waals surface area contributed by atoms with Crippen molar-refractivity contribution in [3.8, 4) is 12.3 Å². The summed E-state index contributed by atoms with van der Waals surface area (Å²) in [5.74, 6) is 1.70. The second-order valence-corrected chi connectivity index (χ2v) is 4.09. The first-order chi connectivity index (χ1) is 7.18. The van der Waals surface area contributed by atoms with E-state index in [-0.39, 0.29) is 0 Å². The van der Waals surface area contributed by atoms with Crippen molar-refractivity contribution in [1.29, 1.82) is 0 Å². The lowest BCUT2D eigenvalue weighted by molar-refractivity contribution is -0.148. The van der Waals surface area contributed by atoms with Crippen LogP contribution in [0.4, 0.5) is 0 Å². The number of terminal acetylenes is 1. The van der Waals surface area contributed by atoms with E-state index in [9.17, 15) is 9.90 Å². The molecule has 2 rings (SSSR count). The number of carbonyl (C=O) groups is 1. The van der Waals surface area contributed by atoms with Crippen LogP contribution in [-0.4, -0.2) is 11.1 Å². The highest BCUT2D eigenvalue weighted by molar-refractivity contribution is 5.77. The lowest BCUT2D eigenvalue weighted by Gasteiger charge is -2.20. The predicted molar refractivity (Wildman–Crippen MR) is 57.4 cm³/mol. The molecule has 0 saturated heterocycles. The largest absolute Gasteiger partial charge is 0.481 e. The summed E-state index contributed by atoms with van der Waals surface area (Å²) in [5.41, 5.74) is 1.48. The molecule has 1 aromatic carbocycles. The molecule has 1 aliphatic rings. The molecule has 0 aromatic heterocycles. The summed E-state index contributed by atoms with van der Waals surface area (Å²) in [6.45, 7) is 0. The molecule has 0 aliphatic heterocycles. The molecule has 0 unspecified atom stereocenters. The van der Waals surface area contributed by atoms with Crippen molar-refractivity contribution in [3.05, 3.63) is 35.4 Å². The zero-order valence-electron chi connectivity index (χ0n) is 8.36. The average molecular weight is 200 g/mol. The first-order valence-electron chi connectivity index (χ1n) is 4.92. The third-order valence-electron chi connectivity index (χ3n) is 3.07. The molecule has 0 spiro atoms. The highest BCUT2D eigenvalue weighted by Crippen LogP contribution is 2.39. The first-order valence-corrected chi connectivity index (χ1v) is 4.92. The molecule has 1 aromatic rings.